The maximum atomic E-state index is 12.4. The number of Topliss-reactive ketones (excluding diaryl/α,β-unsaturated/α-hetero) is 1. The Morgan fingerprint density at radius 1 is 1.48 bits per heavy atom. The maximum Gasteiger partial charge on any atom is 0.342 e. The van der Waals surface area contributed by atoms with E-state index in [4.69, 9.17) is 4.74 Å². The quantitative estimate of drug-likeness (QED) is 0.556. The summed E-state index contributed by atoms with van der Waals surface area (Å²) in [5.74, 6) is -1.50. The Hall–Kier alpha value is -1.88. The Balaban J connectivity index is 3.02. The number of ketones is 1. The van der Waals surface area contributed by atoms with Crippen LogP contribution in [0.4, 0.5) is 0 Å². The molecule has 0 amide bonds. The molecule has 5 heteroatoms. The number of ether oxygens (including phenoxy) is 1. The summed E-state index contributed by atoms with van der Waals surface area (Å²) in [5, 5.41) is 12.3. The normalized spacial score (nSPS) is 24.1. The van der Waals surface area contributed by atoms with Crippen molar-refractivity contribution in [2.24, 2.45) is 0 Å². The lowest BCUT2D eigenvalue weighted by atomic mass is 9.95. The van der Waals surface area contributed by atoms with Crippen molar-refractivity contribution < 1.29 is 19.4 Å². The molecule has 0 aliphatic carbocycles. The molecule has 0 radical (unpaired) electrons. The van der Waals surface area contributed by atoms with Gasteiger partial charge >= 0.3 is 5.97 Å². The lowest BCUT2D eigenvalue weighted by molar-refractivity contribution is -0.135. The molecule has 0 fully saturated rings. The number of carbonyl (C=O) groups is 2. The largest absolute Gasteiger partial charge is 0.478 e. The summed E-state index contributed by atoms with van der Waals surface area (Å²) >= 11 is 0. The summed E-state index contributed by atoms with van der Waals surface area (Å²) in [7, 11) is 1.77. The van der Waals surface area contributed by atoms with Crippen molar-refractivity contribution in [3.63, 3.8) is 0 Å². The average molecular weight is 293 g/mol. The van der Waals surface area contributed by atoms with Crippen LogP contribution in [0.15, 0.2) is 35.6 Å². The van der Waals surface area contributed by atoms with Gasteiger partial charge in [0.25, 0.3) is 0 Å². The van der Waals surface area contributed by atoms with Crippen LogP contribution in [0.1, 0.15) is 33.6 Å². The third kappa shape index (κ3) is 4.04. The Bertz CT molecular complexity index is 504. The fraction of sp³-hybridized carbons (Fsp3) is 0.500. The zero-order valence-electron chi connectivity index (χ0n) is 13.0. The van der Waals surface area contributed by atoms with Crippen LogP contribution >= 0.6 is 0 Å². The number of carboxylic acids is 1. The number of carboxylic acid groups (broad SMARTS) is 1. The first-order valence-corrected chi connectivity index (χ1v) is 7.07. The molecule has 5 nitrogen and oxygen atoms in total. The fourth-order valence-electron chi connectivity index (χ4n) is 2.03. The first-order chi connectivity index (χ1) is 9.85. The van der Waals surface area contributed by atoms with Crippen LogP contribution in [-0.2, 0) is 14.3 Å². The van der Waals surface area contributed by atoms with Crippen LogP contribution in [-0.4, -0.2) is 35.5 Å². The van der Waals surface area contributed by atoms with Crippen LogP contribution in [0, 0.1) is 0 Å². The van der Waals surface area contributed by atoms with Crippen molar-refractivity contribution in [1.29, 1.82) is 0 Å². The summed E-state index contributed by atoms with van der Waals surface area (Å²) in [6.45, 7) is 5.49. The van der Waals surface area contributed by atoms with Crippen molar-refractivity contribution in [3.05, 3.63) is 35.6 Å². The molecule has 1 heterocycles. The van der Waals surface area contributed by atoms with Gasteiger partial charge in [-0.15, -0.1) is 0 Å². The number of hydrogen-bond donors (Lipinski definition) is 2. The molecule has 0 aromatic heterocycles. The van der Waals surface area contributed by atoms with E-state index < -0.39 is 17.4 Å². The number of rotatable bonds is 7. The van der Waals surface area contributed by atoms with Crippen LogP contribution in [0.5, 0.6) is 0 Å². The second-order valence-corrected chi connectivity index (χ2v) is 5.23. The molecule has 1 aliphatic heterocycles. The molecule has 1 aliphatic rings. The molecule has 1 rings (SSSR count). The fourth-order valence-corrected chi connectivity index (χ4v) is 2.03. The van der Waals surface area contributed by atoms with Crippen LogP contribution in [0.25, 0.3) is 0 Å². The van der Waals surface area contributed by atoms with Gasteiger partial charge < -0.3 is 15.2 Å². The SMILES string of the molecule is CC/C=C/C=C/C1(C)OC(CC(C)NC)=C(C(=O)O)C1=O. The number of hydrogen-bond acceptors (Lipinski definition) is 4. The van der Waals surface area contributed by atoms with E-state index in [1.807, 2.05) is 26.0 Å². The molecule has 2 unspecified atom stereocenters. The highest BCUT2D eigenvalue weighted by atomic mass is 16.5. The molecule has 2 N–H and O–H groups in total. The van der Waals surface area contributed by atoms with E-state index in [0.717, 1.165) is 6.42 Å². The smallest absolute Gasteiger partial charge is 0.342 e. The molecular weight excluding hydrogens is 270 g/mol. The molecule has 0 aromatic rings. The van der Waals surface area contributed by atoms with E-state index in [9.17, 15) is 14.7 Å². The number of carbonyl (C=O) groups excluding carboxylic acids is 1. The van der Waals surface area contributed by atoms with Crippen molar-refractivity contribution in [1.82, 2.24) is 5.32 Å². The van der Waals surface area contributed by atoms with Gasteiger partial charge in [-0.05, 0) is 33.4 Å². The molecule has 0 spiro atoms. The standard InChI is InChI=1S/C16H23NO4/c1-5-6-7-8-9-16(3)14(18)13(15(19)20)12(21-16)10-11(2)17-4/h6-9,11,17H,5,10H2,1-4H3,(H,19,20)/b7-6+,9-8+. The minimum atomic E-state index is -1.24. The van der Waals surface area contributed by atoms with Gasteiger partial charge in [0.2, 0.25) is 5.78 Å². The number of aliphatic carboxylic acids is 1. The third-order valence-corrected chi connectivity index (χ3v) is 3.39. The minimum Gasteiger partial charge on any atom is -0.478 e. The Labute approximate surface area is 125 Å². The Morgan fingerprint density at radius 3 is 2.67 bits per heavy atom. The second kappa shape index (κ2) is 7.22. The molecule has 21 heavy (non-hydrogen) atoms. The van der Waals surface area contributed by atoms with E-state index in [2.05, 4.69) is 5.32 Å². The van der Waals surface area contributed by atoms with E-state index >= 15 is 0 Å². The van der Waals surface area contributed by atoms with Gasteiger partial charge in [-0.1, -0.05) is 25.2 Å². The lowest BCUT2D eigenvalue weighted by Gasteiger charge is -2.20. The van der Waals surface area contributed by atoms with Crippen molar-refractivity contribution in [2.45, 2.75) is 45.3 Å². The molecule has 0 saturated heterocycles. The summed E-state index contributed by atoms with van der Waals surface area (Å²) in [6, 6.07) is 0.0217. The monoisotopic (exact) mass is 293 g/mol. The minimum absolute atomic E-state index is 0.0217. The Morgan fingerprint density at radius 2 is 2.14 bits per heavy atom. The zero-order chi connectivity index (χ0) is 16.0. The highest BCUT2D eigenvalue weighted by molar-refractivity contribution is 6.22. The topological polar surface area (TPSA) is 75.6 Å². The maximum absolute atomic E-state index is 12.4. The first-order valence-electron chi connectivity index (χ1n) is 7.07. The van der Waals surface area contributed by atoms with Gasteiger partial charge in [0.1, 0.15) is 11.3 Å². The van der Waals surface area contributed by atoms with Gasteiger partial charge in [-0.2, -0.15) is 0 Å². The molecule has 0 bridgehead atoms. The Kier molecular flexibility index (Phi) is 5.90. The zero-order valence-corrected chi connectivity index (χ0v) is 13.0. The van der Waals surface area contributed by atoms with Gasteiger partial charge in [-0.3, -0.25) is 4.79 Å². The summed E-state index contributed by atoms with van der Waals surface area (Å²) in [4.78, 5) is 23.7. The van der Waals surface area contributed by atoms with Crippen molar-refractivity contribution in [3.8, 4) is 0 Å². The van der Waals surface area contributed by atoms with E-state index in [1.165, 1.54) is 0 Å². The molecule has 2 atom stereocenters. The molecule has 0 saturated carbocycles. The highest BCUT2D eigenvalue weighted by Crippen LogP contribution is 2.34. The summed E-state index contributed by atoms with van der Waals surface area (Å²) in [6.07, 6.45) is 8.32. The van der Waals surface area contributed by atoms with E-state index in [0.29, 0.717) is 6.42 Å². The number of allylic oxidation sites excluding steroid dienone is 3. The summed E-state index contributed by atoms with van der Waals surface area (Å²) in [5.41, 5.74) is -1.49. The van der Waals surface area contributed by atoms with Gasteiger partial charge in [0.15, 0.2) is 5.60 Å². The van der Waals surface area contributed by atoms with Gasteiger partial charge in [-0.25, -0.2) is 4.79 Å². The first kappa shape index (κ1) is 17.2. The van der Waals surface area contributed by atoms with Crippen LogP contribution in [0.3, 0.4) is 0 Å². The van der Waals surface area contributed by atoms with E-state index in [1.54, 1.807) is 26.1 Å². The predicted molar refractivity (Wildman–Crippen MR) is 80.9 cm³/mol. The number of nitrogens with one attached hydrogen (secondary N) is 1. The van der Waals surface area contributed by atoms with Gasteiger partial charge in [0.05, 0.1) is 0 Å². The molecule has 116 valence electrons. The van der Waals surface area contributed by atoms with Crippen molar-refractivity contribution >= 4 is 11.8 Å². The molecular formula is C16H23NO4. The van der Waals surface area contributed by atoms with Crippen molar-refractivity contribution in [2.75, 3.05) is 7.05 Å². The van der Waals surface area contributed by atoms with Crippen LogP contribution in [0.2, 0.25) is 0 Å². The lowest BCUT2D eigenvalue weighted by Crippen LogP contribution is -2.32. The van der Waals surface area contributed by atoms with Gasteiger partial charge in [0, 0.05) is 12.5 Å². The molecule has 0 aromatic carbocycles. The summed E-state index contributed by atoms with van der Waals surface area (Å²) < 4.78 is 5.68. The van der Waals surface area contributed by atoms with Crippen LogP contribution < -0.4 is 5.32 Å². The average Bonchev–Trinajstić information content (AvgIpc) is 2.66. The highest BCUT2D eigenvalue weighted by Gasteiger charge is 2.46. The van der Waals surface area contributed by atoms with E-state index in [-0.39, 0.29) is 17.4 Å². The second-order valence-electron chi connectivity index (χ2n) is 5.23. The predicted octanol–water partition coefficient (Wildman–Crippen LogP) is 2.20. The third-order valence-electron chi connectivity index (χ3n) is 3.39.